The number of anilines is 2. The first kappa shape index (κ1) is 27.0. The average molecular weight is 557 g/mol. The molecule has 1 saturated heterocycles. The van der Waals surface area contributed by atoms with Gasteiger partial charge in [0.2, 0.25) is 5.91 Å². The summed E-state index contributed by atoms with van der Waals surface area (Å²) in [6, 6.07) is 21.7. The predicted molar refractivity (Wildman–Crippen MR) is 155 cm³/mol. The van der Waals surface area contributed by atoms with E-state index >= 15 is 0 Å². The minimum Gasteiger partial charge on any atom is -0.465 e. The molecule has 2 atom stereocenters. The number of carbonyl (C=O) groups excluding carboxylic acids is 2. The zero-order chi connectivity index (χ0) is 28.2. The minimum atomic E-state index is -0.398. The number of hydrogen-bond donors (Lipinski definition) is 2. The van der Waals surface area contributed by atoms with Gasteiger partial charge in [-0.15, -0.1) is 0 Å². The minimum absolute atomic E-state index is 0.0264. The number of aromatic nitrogens is 1. The van der Waals surface area contributed by atoms with Crippen molar-refractivity contribution < 1.29 is 23.5 Å². The van der Waals surface area contributed by atoms with Crippen LogP contribution in [0.25, 0.3) is 11.3 Å². The molecule has 2 aromatic heterocycles. The summed E-state index contributed by atoms with van der Waals surface area (Å²) in [6.45, 7) is 1.90. The number of hydrogen-bond acceptors (Lipinski definition) is 7. The largest absolute Gasteiger partial charge is 0.465 e. The quantitative estimate of drug-likeness (QED) is 0.224. The summed E-state index contributed by atoms with van der Waals surface area (Å²) in [5, 5.41) is 6.81. The Morgan fingerprint density at radius 1 is 1.07 bits per heavy atom. The van der Waals surface area contributed by atoms with Crippen molar-refractivity contribution in [1.29, 1.82) is 0 Å². The third-order valence-corrected chi connectivity index (χ3v) is 6.96. The van der Waals surface area contributed by atoms with Crippen LogP contribution in [-0.2, 0) is 14.3 Å². The molecule has 0 aliphatic carbocycles. The zero-order valence-corrected chi connectivity index (χ0v) is 23.0. The van der Waals surface area contributed by atoms with Gasteiger partial charge in [-0.25, -0.2) is 4.79 Å². The third kappa shape index (κ3) is 5.45. The number of amides is 1. The number of esters is 1. The lowest BCUT2D eigenvalue weighted by atomic mass is 10.0. The highest BCUT2D eigenvalue weighted by molar-refractivity contribution is 7.80. The van der Waals surface area contributed by atoms with Crippen LogP contribution in [0.4, 0.5) is 11.4 Å². The molecule has 10 heteroatoms. The van der Waals surface area contributed by atoms with Crippen LogP contribution in [0, 0.1) is 6.92 Å². The van der Waals surface area contributed by atoms with Gasteiger partial charge in [-0.05, 0) is 79.3 Å². The molecule has 5 rings (SSSR count). The number of nitrogens with one attached hydrogen (secondary N) is 2. The van der Waals surface area contributed by atoms with E-state index in [1.807, 2.05) is 72.5 Å². The van der Waals surface area contributed by atoms with Crippen LogP contribution < -0.4 is 15.5 Å². The Hall–Kier alpha value is -4.54. The molecule has 3 heterocycles. The Balaban J connectivity index is 1.51. The Morgan fingerprint density at radius 2 is 1.88 bits per heavy atom. The smallest absolute Gasteiger partial charge is 0.337 e. The number of ether oxygens (including phenoxy) is 2. The number of benzene rings is 2. The molecule has 2 N–H and O–H groups in total. The van der Waals surface area contributed by atoms with E-state index in [-0.39, 0.29) is 24.6 Å². The summed E-state index contributed by atoms with van der Waals surface area (Å²) in [4.78, 5) is 30.5. The zero-order valence-electron chi connectivity index (χ0n) is 22.2. The molecule has 1 amide bonds. The fraction of sp³-hybridized carbons (Fsp3) is 0.200. The first-order chi connectivity index (χ1) is 19.4. The molecule has 1 fully saturated rings. The molecule has 4 aromatic rings. The van der Waals surface area contributed by atoms with Gasteiger partial charge in [0.1, 0.15) is 24.2 Å². The van der Waals surface area contributed by atoms with Gasteiger partial charge in [0.15, 0.2) is 5.11 Å². The van der Waals surface area contributed by atoms with E-state index in [2.05, 4.69) is 15.6 Å². The van der Waals surface area contributed by atoms with Gasteiger partial charge in [-0.1, -0.05) is 18.2 Å². The van der Waals surface area contributed by atoms with Crippen LogP contribution >= 0.6 is 12.2 Å². The Morgan fingerprint density at radius 3 is 2.55 bits per heavy atom. The lowest BCUT2D eigenvalue weighted by Crippen LogP contribution is -2.29. The van der Waals surface area contributed by atoms with Crippen molar-refractivity contribution in [2.24, 2.45) is 0 Å². The first-order valence-corrected chi connectivity index (χ1v) is 13.0. The fourth-order valence-corrected chi connectivity index (χ4v) is 5.08. The van der Waals surface area contributed by atoms with Crippen LogP contribution in [-0.4, -0.2) is 42.8 Å². The number of thiocarbonyl (C=S) groups is 1. The summed E-state index contributed by atoms with van der Waals surface area (Å²) in [5.74, 6) is 0.708. The lowest BCUT2D eigenvalue weighted by Gasteiger charge is -2.26. The molecule has 0 spiro atoms. The summed E-state index contributed by atoms with van der Waals surface area (Å²) < 4.78 is 16.1. The van der Waals surface area contributed by atoms with Crippen LogP contribution in [0.2, 0.25) is 0 Å². The summed E-state index contributed by atoms with van der Waals surface area (Å²) in [7, 11) is 2.83. The molecule has 1 aliphatic heterocycles. The third-order valence-electron chi connectivity index (χ3n) is 6.64. The number of rotatable bonds is 8. The monoisotopic (exact) mass is 556 g/mol. The molecule has 2 aromatic carbocycles. The van der Waals surface area contributed by atoms with Gasteiger partial charge >= 0.3 is 5.97 Å². The second-order valence-electron chi connectivity index (χ2n) is 9.25. The Kier molecular flexibility index (Phi) is 7.90. The van der Waals surface area contributed by atoms with Gasteiger partial charge in [0.05, 0.1) is 24.4 Å². The van der Waals surface area contributed by atoms with Gasteiger partial charge in [-0.2, -0.15) is 0 Å². The number of carbonyl (C=O) groups is 2. The normalized spacial score (nSPS) is 16.5. The van der Waals surface area contributed by atoms with E-state index in [0.29, 0.717) is 27.9 Å². The SMILES string of the molecule is COCC(=O)Nc1ccc(N2C(=S)N[C@H](c3ccccn3)[C@@H]2c2ccc(-c3ccc(C(=O)OC)cc3)o2)cc1C. The second-order valence-corrected chi connectivity index (χ2v) is 9.63. The van der Waals surface area contributed by atoms with Crippen LogP contribution in [0.15, 0.2) is 83.4 Å². The summed E-state index contributed by atoms with van der Waals surface area (Å²) in [6.07, 6.45) is 1.75. The average Bonchev–Trinajstić information content (AvgIpc) is 3.59. The van der Waals surface area contributed by atoms with E-state index in [0.717, 1.165) is 22.5 Å². The van der Waals surface area contributed by atoms with Crippen molar-refractivity contribution in [3.63, 3.8) is 0 Å². The molecule has 0 bridgehead atoms. The van der Waals surface area contributed by atoms with Crippen molar-refractivity contribution in [3.05, 3.63) is 102 Å². The van der Waals surface area contributed by atoms with Crippen molar-refractivity contribution in [2.45, 2.75) is 19.0 Å². The van der Waals surface area contributed by atoms with Crippen LogP contribution in [0.5, 0.6) is 0 Å². The van der Waals surface area contributed by atoms with E-state index in [9.17, 15) is 9.59 Å². The molecule has 0 unspecified atom stereocenters. The molecule has 40 heavy (non-hydrogen) atoms. The van der Waals surface area contributed by atoms with E-state index < -0.39 is 5.97 Å². The van der Waals surface area contributed by atoms with Crippen molar-refractivity contribution in [3.8, 4) is 11.3 Å². The number of aryl methyl sites for hydroxylation is 1. The molecule has 1 aliphatic rings. The molecule has 9 nitrogen and oxygen atoms in total. The van der Waals surface area contributed by atoms with E-state index in [4.69, 9.17) is 26.1 Å². The predicted octanol–water partition coefficient (Wildman–Crippen LogP) is 5.20. The summed E-state index contributed by atoms with van der Waals surface area (Å²) >= 11 is 5.82. The highest BCUT2D eigenvalue weighted by Crippen LogP contribution is 2.43. The maximum absolute atomic E-state index is 12.1. The Labute approximate surface area is 237 Å². The van der Waals surface area contributed by atoms with Gasteiger partial charge < -0.3 is 29.4 Å². The lowest BCUT2D eigenvalue weighted by molar-refractivity contribution is -0.119. The van der Waals surface area contributed by atoms with E-state index in [1.54, 1.807) is 18.3 Å². The number of furan rings is 1. The van der Waals surface area contributed by atoms with Crippen LogP contribution in [0.3, 0.4) is 0 Å². The van der Waals surface area contributed by atoms with Crippen molar-refractivity contribution in [2.75, 3.05) is 31.0 Å². The maximum atomic E-state index is 12.1. The number of methoxy groups -OCH3 is 2. The molecule has 204 valence electrons. The molecular weight excluding hydrogens is 528 g/mol. The summed E-state index contributed by atoms with van der Waals surface area (Å²) in [5.41, 5.74) is 4.50. The standard InChI is InChI=1S/C30H28N4O5S/c1-18-16-21(11-12-22(18)32-26(35)17-37-2)34-28(27(33-30(34)40)23-6-4-5-15-31-23)25-14-13-24(39-25)19-7-9-20(10-8-19)29(36)38-3/h4-16,27-28H,17H2,1-3H3,(H,32,35)(H,33,40)/t27-,28+/m1/s1. The second kappa shape index (κ2) is 11.7. The van der Waals surface area contributed by atoms with Crippen LogP contribution in [0.1, 0.15) is 39.5 Å². The van der Waals surface area contributed by atoms with Gasteiger partial charge in [0.25, 0.3) is 0 Å². The van der Waals surface area contributed by atoms with Crippen molar-refractivity contribution in [1.82, 2.24) is 10.3 Å². The number of pyridine rings is 1. The highest BCUT2D eigenvalue weighted by atomic mass is 32.1. The van der Waals surface area contributed by atoms with Gasteiger partial charge in [-0.3, -0.25) is 9.78 Å². The fourth-order valence-electron chi connectivity index (χ4n) is 4.73. The van der Waals surface area contributed by atoms with E-state index in [1.165, 1.54) is 14.2 Å². The maximum Gasteiger partial charge on any atom is 0.337 e. The molecule has 0 radical (unpaired) electrons. The van der Waals surface area contributed by atoms with Gasteiger partial charge in [0, 0.05) is 30.2 Å². The highest BCUT2D eigenvalue weighted by Gasteiger charge is 2.42. The molecule has 0 saturated carbocycles. The first-order valence-electron chi connectivity index (χ1n) is 12.6. The molecular formula is C30H28N4O5S. The number of nitrogens with zero attached hydrogens (tertiary/aromatic N) is 2. The van der Waals surface area contributed by atoms with Crippen molar-refractivity contribution >= 4 is 40.6 Å². The topological polar surface area (TPSA) is 106 Å². The Bertz CT molecular complexity index is 1540.